The lowest BCUT2D eigenvalue weighted by atomic mass is 9.83. The molecule has 1 heterocycles. The van der Waals surface area contributed by atoms with Gasteiger partial charge in [-0.15, -0.1) is 0 Å². The number of likely N-dealkylation sites (tertiary alicyclic amines) is 1. The van der Waals surface area contributed by atoms with Crippen LogP contribution in [0.4, 0.5) is 0 Å². The van der Waals surface area contributed by atoms with Gasteiger partial charge in [0.2, 0.25) is 5.91 Å². The third kappa shape index (κ3) is 2.20. The highest BCUT2D eigenvalue weighted by atomic mass is 16.2. The van der Waals surface area contributed by atoms with Crippen molar-refractivity contribution in [3.05, 3.63) is 0 Å². The van der Waals surface area contributed by atoms with Crippen LogP contribution >= 0.6 is 0 Å². The quantitative estimate of drug-likeness (QED) is 0.770. The van der Waals surface area contributed by atoms with Crippen LogP contribution in [0.3, 0.4) is 0 Å². The van der Waals surface area contributed by atoms with Crippen molar-refractivity contribution in [3.63, 3.8) is 0 Å². The second-order valence-corrected chi connectivity index (χ2v) is 6.07. The van der Waals surface area contributed by atoms with E-state index in [9.17, 15) is 4.79 Å². The molecule has 2 N–H and O–H groups in total. The number of nitrogens with zero attached hydrogens (tertiary/aromatic N) is 2. The molecule has 3 atom stereocenters. The second kappa shape index (κ2) is 4.58. The summed E-state index contributed by atoms with van der Waals surface area (Å²) < 4.78 is 0. The minimum Gasteiger partial charge on any atom is -0.341 e. The molecule has 1 aliphatic heterocycles. The van der Waals surface area contributed by atoms with E-state index in [1.54, 1.807) is 0 Å². The third-order valence-corrected chi connectivity index (χ3v) is 4.70. The summed E-state index contributed by atoms with van der Waals surface area (Å²) in [4.78, 5) is 16.8. The minimum absolute atomic E-state index is 0.0495. The minimum atomic E-state index is -0.304. The van der Waals surface area contributed by atoms with Crippen LogP contribution in [-0.2, 0) is 4.79 Å². The van der Waals surface area contributed by atoms with Gasteiger partial charge in [-0.2, -0.15) is 0 Å². The van der Waals surface area contributed by atoms with Gasteiger partial charge in [-0.1, -0.05) is 6.42 Å². The molecule has 1 saturated carbocycles. The first-order valence-corrected chi connectivity index (χ1v) is 6.66. The topological polar surface area (TPSA) is 49.6 Å². The SMILES string of the molecule is CN(C)C1CCN(C(=O)C2(C)CCCC2N)C1. The molecule has 98 valence electrons. The summed E-state index contributed by atoms with van der Waals surface area (Å²) in [6, 6.07) is 0.564. The van der Waals surface area contributed by atoms with Gasteiger partial charge < -0.3 is 15.5 Å². The number of carbonyl (C=O) groups is 1. The molecule has 0 radical (unpaired) electrons. The van der Waals surface area contributed by atoms with Gasteiger partial charge in [0.1, 0.15) is 0 Å². The molecular formula is C13H25N3O. The zero-order valence-electron chi connectivity index (χ0n) is 11.3. The maximum absolute atomic E-state index is 12.6. The van der Waals surface area contributed by atoms with Crippen LogP contribution in [0.15, 0.2) is 0 Å². The number of nitrogens with two attached hydrogens (primary N) is 1. The third-order valence-electron chi connectivity index (χ3n) is 4.70. The monoisotopic (exact) mass is 239 g/mol. The molecule has 4 heteroatoms. The van der Waals surface area contributed by atoms with E-state index in [2.05, 4.69) is 25.9 Å². The molecule has 0 aromatic carbocycles. The summed E-state index contributed by atoms with van der Waals surface area (Å²) in [5, 5.41) is 0. The summed E-state index contributed by atoms with van der Waals surface area (Å²) in [6.45, 7) is 3.81. The Kier molecular flexibility index (Phi) is 3.46. The largest absolute Gasteiger partial charge is 0.341 e. The number of carbonyl (C=O) groups excluding carboxylic acids is 1. The molecule has 0 aromatic heterocycles. The Morgan fingerprint density at radius 3 is 2.59 bits per heavy atom. The number of rotatable bonds is 2. The summed E-state index contributed by atoms with van der Waals surface area (Å²) in [7, 11) is 4.17. The molecule has 4 nitrogen and oxygen atoms in total. The number of hydrogen-bond donors (Lipinski definition) is 1. The van der Waals surface area contributed by atoms with E-state index in [-0.39, 0.29) is 17.4 Å². The van der Waals surface area contributed by atoms with Crippen LogP contribution in [0.5, 0.6) is 0 Å². The summed E-state index contributed by atoms with van der Waals surface area (Å²) >= 11 is 0. The van der Waals surface area contributed by atoms with Gasteiger partial charge in [-0.3, -0.25) is 4.79 Å². The fraction of sp³-hybridized carbons (Fsp3) is 0.923. The first-order chi connectivity index (χ1) is 7.95. The fourth-order valence-corrected chi connectivity index (χ4v) is 3.17. The summed E-state index contributed by atoms with van der Waals surface area (Å²) in [5.41, 5.74) is 5.81. The normalized spacial score (nSPS) is 38.1. The van der Waals surface area contributed by atoms with Gasteiger partial charge in [-0.25, -0.2) is 0 Å². The maximum atomic E-state index is 12.6. The van der Waals surface area contributed by atoms with Crippen molar-refractivity contribution in [2.24, 2.45) is 11.1 Å². The first-order valence-electron chi connectivity index (χ1n) is 6.66. The zero-order chi connectivity index (χ0) is 12.6. The maximum Gasteiger partial charge on any atom is 0.230 e. The summed E-state index contributed by atoms with van der Waals surface area (Å²) in [5.74, 6) is 0.284. The van der Waals surface area contributed by atoms with Gasteiger partial charge >= 0.3 is 0 Å². The zero-order valence-corrected chi connectivity index (χ0v) is 11.3. The number of hydrogen-bond acceptors (Lipinski definition) is 3. The Balaban J connectivity index is 2.02. The Morgan fingerprint density at radius 2 is 2.12 bits per heavy atom. The first kappa shape index (κ1) is 12.8. The molecule has 2 aliphatic rings. The van der Waals surface area contributed by atoms with Crippen LogP contribution in [0.1, 0.15) is 32.6 Å². The molecule has 0 bridgehead atoms. The average Bonchev–Trinajstić information content (AvgIpc) is 2.87. The van der Waals surface area contributed by atoms with E-state index >= 15 is 0 Å². The van der Waals surface area contributed by atoms with Crippen molar-refractivity contribution in [2.45, 2.75) is 44.7 Å². The van der Waals surface area contributed by atoms with Crippen molar-refractivity contribution in [1.82, 2.24) is 9.80 Å². The molecule has 17 heavy (non-hydrogen) atoms. The molecule has 2 fully saturated rings. The Labute approximate surface area is 104 Å². The van der Waals surface area contributed by atoms with Crippen LogP contribution in [0.25, 0.3) is 0 Å². The molecule has 1 amide bonds. The highest BCUT2D eigenvalue weighted by molar-refractivity contribution is 5.83. The second-order valence-electron chi connectivity index (χ2n) is 6.07. The standard InChI is InChI=1S/C13H25N3O/c1-13(7-4-5-11(13)14)12(17)16-8-6-10(9-16)15(2)3/h10-11H,4-9,14H2,1-3H3. The van der Waals surface area contributed by atoms with Crippen molar-refractivity contribution in [1.29, 1.82) is 0 Å². The molecule has 0 spiro atoms. The number of amides is 1. The smallest absolute Gasteiger partial charge is 0.230 e. The van der Waals surface area contributed by atoms with Crippen LogP contribution in [0.2, 0.25) is 0 Å². The van der Waals surface area contributed by atoms with E-state index < -0.39 is 0 Å². The predicted molar refractivity (Wildman–Crippen MR) is 68.6 cm³/mol. The average molecular weight is 239 g/mol. The molecule has 1 aliphatic carbocycles. The van der Waals surface area contributed by atoms with E-state index in [1.165, 1.54) is 0 Å². The fourth-order valence-electron chi connectivity index (χ4n) is 3.17. The van der Waals surface area contributed by atoms with Crippen LogP contribution in [0, 0.1) is 5.41 Å². The van der Waals surface area contributed by atoms with Gasteiger partial charge in [0.25, 0.3) is 0 Å². The van der Waals surface area contributed by atoms with Crippen molar-refractivity contribution in [3.8, 4) is 0 Å². The molecule has 1 saturated heterocycles. The molecule has 2 rings (SSSR count). The van der Waals surface area contributed by atoms with Gasteiger partial charge in [0, 0.05) is 25.2 Å². The molecular weight excluding hydrogens is 214 g/mol. The van der Waals surface area contributed by atoms with E-state index in [4.69, 9.17) is 5.73 Å². The molecule has 3 unspecified atom stereocenters. The van der Waals surface area contributed by atoms with Crippen molar-refractivity contribution in [2.75, 3.05) is 27.2 Å². The lowest BCUT2D eigenvalue weighted by Gasteiger charge is -2.32. The number of likely N-dealkylation sites (N-methyl/N-ethyl adjacent to an activating group) is 1. The van der Waals surface area contributed by atoms with Crippen LogP contribution in [-0.4, -0.2) is 55.0 Å². The lowest BCUT2D eigenvalue weighted by Crippen LogP contribution is -2.49. The van der Waals surface area contributed by atoms with Gasteiger partial charge in [-0.05, 0) is 40.3 Å². The van der Waals surface area contributed by atoms with Crippen LogP contribution < -0.4 is 5.73 Å². The van der Waals surface area contributed by atoms with E-state index in [1.807, 2.05) is 4.90 Å². The van der Waals surface area contributed by atoms with Gasteiger partial charge in [0.05, 0.1) is 5.41 Å². The van der Waals surface area contributed by atoms with Crippen molar-refractivity contribution >= 4 is 5.91 Å². The summed E-state index contributed by atoms with van der Waals surface area (Å²) in [6.07, 6.45) is 4.13. The highest BCUT2D eigenvalue weighted by Crippen LogP contribution is 2.39. The predicted octanol–water partition coefficient (Wildman–Crippen LogP) is 0.666. The van der Waals surface area contributed by atoms with Gasteiger partial charge in [0.15, 0.2) is 0 Å². The Hall–Kier alpha value is -0.610. The van der Waals surface area contributed by atoms with E-state index in [0.29, 0.717) is 6.04 Å². The lowest BCUT2D eigenvalue weighted by molar-refractivity contribution is -0.140. The van der Waals surface area contributed by atoms with Crippen molar-refractivity contribution < 1.29 is 4.79 Å². The molecule has 0 aromatic rings. The van der Waals surface area contributed by atoms with E-state index in [0.717, 1.165) is 38.8 Å². The Morgan fingerprint density at radius 1 is 1.41 bits per heavy atom. The Bertz CT molecular complexity index is 305. The highest BCUT2D eigenvalue weighted by Gasteiger charge is 2.46.